The van der Waals surface area contributed by atoms with Gasteiger partial charge < -0.3 is 15.0 Å². The normalized spacial score (nSPS) is 20.7. The van der Waals surface area contributed by atoms with Crippen molar-refractivity contribution in [2.45, 2.75) is 64.5 Å². The van der Waals surface area contributed by atoms with E-state index in [0.29, 0.717) is 13.2 Å². The number of ether oxygens (including phenoxy) is 1. The number of hydrogen-bond acceptors (Lipinski definition) is 4. The Balaban J connectivity index is 1.90. The molecule has 2 aliphatic rings. The minimum Gasteiger partial charge on any atom is -0.465 e. The van der Waals surface area contributed by atoms with Gasteiger partial charge in [0.15, 0.2) is 0 Å². The maximum atomic E-state index is 12.4. The van der Waals surface area contributed by atoms with Crippen molar-refractivity contribution >= 4 is 5.97 Å². The van der Waals surface area contributed by atoms with E-state index in [9.17, 15) is 4.79 Å². The maximum Gasteiger partial charge on any atom is 0.328 e. The van der Waals surface area contributed by atoms with E-state index in [4.69, 9.17) is 10.5 Å². The Morgan fingerprint density at radius 3 is 2.81 bits per heavy atom. The SMILES string of the molecule is CCOC(=O)C(N)(Cn1c(C)nc2c1CCCC2)C1CC1. The summed E-state index contributed by atoms with van der Waals surface area (Å²) in [5.74, 6) is 0.962. The smallest absolute Gasteiger partial charge is 0.328 e. The monoisotopic (exact) mass is 291 g/mol. The van der Waals surface area contributed by atoms with Crippen LogP contribution in [0, 0.1) is 12.8 Å². The molecular weight excluding hydrogens is 266 g/mol. The molecular formula is C16H25N3O2. The summed E-state index contributed by atoms with van der Waals surface area (Å²) in [7, 11) is 0. The lowest BCUT2D eigenvalue weighted by molar-refractivity contribution is -0.151. The molecule has 1 aromatic rings. The van der Waals surface area contributed by atoms with Crippen molar-refractivity contribution in [1.29, 1.82) is 0 Å². The third kappa shape index (κ3) is 2.59. The Hall–Kier alpha value is -1.36. The van der Waals surface area contributed by atoms with Gasteiger partial charge in [0.25, 0.3) is 0 Å². The van der Waals surface area contributed by atoms with Crippen molar-refractivity contribution in [2.24, 2.45) is 11.7 Å². The standard InChI is InChI=1S/C16H25N3O2/c1-3-21-15(20)16(17,12-8-9-12)10-19-11(2)18-13-6-4-5-7-14(13)19/h12H,3-10,17H2,1-2H3. The number of hydrogen-bond donors (Lipinski definition) is 1. The highest BCUT2D eigenvalue weighted by Gasteiger charge is 2.50. The minimum absolute atomic E-state index is 0.248. The Kier molecular flexibility index (Phi) is 3.78. The van der Waals surface area contributed by atoms with Gasteiger partial charge in [-0.25, -0.2) is 9.78 Å². The van der Waals surface area contributed by atoms with Crippen LogP contribution in [-0.4, -0.2) is 27.7 Å². The molecule has 1 aromatic heterocycles. The number of imidazole rings is 1. The quantitative estimate of drug-likeness (QED) is 0.839. The summed E-state index contributed by atoms with van der Waals surface area (Å²) >= 11 is 0. The van der Waals surface area contributed by atoms with Crippen molar-refractivity contribution in [1.82, 2.24) is 9.55 Å². The van der Waals surface area contributed by atoms with Crippen LogP contribution in [-0.2, 0) is 28.9 Å². The number of carbonyl (C=O) groups is 1. The van der Waals surface area contributed by atoms with E-state index in [1.165, 1.54) is 24.2 Å². The third-order valence-corrected chi connectivity index (χ3v) is 4.80. The number of nitrogens with zero attached hydrogens (tertiary/aromatic N) is 2. The largest absolute Gasteiger partial charge is 0.465 e. The van der Waals surface area contributed by atoms with Gasteiger partial charge in [-0.2, -0.15) is 0 Å². The lowest BCUT2D eigenvalue weighted by Crippen LogP contribution is -2.54. The predicted octanol–water partition coefficient (Wildman–Crippen LogP) is 1.74. The highest BCUT2D eigenvalue weighted by atomic mass is 16.5. The van der Waals surface area contributed by atoms with Crippen LogP contribution in [0.25, 0.3) is 0 Å². The molecule has 0 spiro atoms. The fourth-order valence-corrected chi connectivity index (χ4v) is 3.43. The zero-order valence-electron chi connectivity index (χ0n) is 13.0. The Labute approximate surface area is 125 Å². The van der Waals surface area contributed by atoms with Crippen LogP contribution in [0.3, 0.4) is 0 Å². The Morgan fingerprint density at radius 2 is 2.14 bits per heavy atom. The number of rotatable bonds is 5. The molecule has 0 aliphatic heterocycles. The predicted molar refractivity (Wildman–Crippen MR) is 79.9 cm³/mol. The topological polar surface area (TPSA) is 70.1 Å². The molecule has 2 N–H and O–H groups in total. The number of aromatic nitrogens is 2. The number of carbonyl (C=O) groups excluding carboxylic acids is 1. The second kappa shape index (κ2) is 5.44. The Morgan fingerprint density at radius 1 is 1.43 bits per heavy atom. The molecule has 2 aliphatic carbocycles. The highest BCUT2D eigenvalue weighted by molar-refractivity contribution is 5.81. The molecule has 0 aromatic carbocycles. The first-order chi connectivity index (χ1) is 10.1. The van der Waals surface area contributed by atoms with Crippen LogP contribution >= 0.6 is 0 Å². The van der Waals surface area contributed by atoms with Gasteiger partial charge in [0.1, 0.15) is 11.4 Å². The second-order valence-corrected chi connectivity index (χ2v) is 6.38. The first-order valence-corrected chi connectivity index (χ1v) is 8.07. The van der Waals surface area contributed by atoms with Crippen LogP contribution in [0.1, 0.15) is 49.8 Å². The fraction of sp³-hybridized carbons (Fsp3) is 0.750. The van der Waals surface area contributed by atoms with Crippen molar-refractivity contribution in [2.75, 3.05) is 6.61 Å². The van der Waals surface area contributed by atoms with Gasteiger partial charge in [-0.15, -0.1) is 0 Å². The van der Waals surface area contributed by atoms with Gasteiger partial charge in [-0.05, 0) is 58.3 Å². The summed E-state index contributed by atoms with van der Waals surface area (Å²) in [6.07, 6.45) is 6.52. The van der Waals surface area contributed by atoms with Gasteiger partial charge in [0, 0.05) is 5.69 Å². The van der Waals surface area contributed by atoms with Gasteiger partial charge in [-0.3, -0.25) is 0 Å². The zero-order chi connectivity index (χ0) is 15.0. The summed E-state index contributed by atoms with van der Waals surface area (Å²) in [5, 5.41) is 0. The third-order valence-electron chi connectivity index (χ3n) is 4.80. The van der Waals surface area contributed by atoms with E-state index in [1.54, 1.807) is 0 Å². The van der Waals surface area contributed by atoms with Crippen LogP contribution in [0.2, 0.25) is 0 Å². The summed E-state index contributed by atoms with van der Waals surface area (Å²) in [6, 6.07) is 0. The van der Waals surface area contributed by atoms with Crippen molar-refractivity contribution in [3.63, 3.8) is 0 Å². The first kappa shape index (κ1) is 14.6. The molecule has 3 rings (SSSR count). The highest BCUT2D eigenvalue weighted by Crippen LogP contribution is 2.40. The van der Waals surface area contributed by atoms with Crippen molar-refractivity contribution in [3.05, 3.63) is 17.2 Å². The lowest BCUT2D eigenvalue weighted by Gasteiger charge is -2.29. The average Bonchev–Trinajstić information content (AvgIpc) is 3.26. The molecule has 116 valence electrons. The maximum absolute atomic E-state index is 12.4. The molecule has 21 heavy (non-hydrogen) atoms. The number of aryl methyl sites for hydroxylation is 2. The van der Waals surface area contributed by atoms with Crippen LogP contribution < -0.4 is 5.73 Å². The van der Waals surface area contributed by atoms with E-state index in [-0.39, 0.29) is 11.9 Å². The summed E-state index contributed by atoms with van der Waals surface area (Å²) in [5.41, 5.74) is 8.08. The average molecular weight is 291 g/mol. The second-order valence-electron chi connectivity index (χ2n) is 6.38. The summed E-state index contributed by atoms with van der Waals surface area (Å²) < 4.78 is 7.41. The molecule has 1 heterocycles. The van der Waals surface area contributed by atoms with Crippen molar-refractivity contribution in [3.8, 4) is 0 Å². The van der Waals surface area contributed by atoms with E-state index in [0.717, 1.165) is 31.5 Å². The minimum atomic E-state index is -0.896. The molecule has 5 nitrogen and oxygen atoms in total. The van der Waals surface area contributed by atoms with Gasteiger partial charge in [0.2, 0.25) is 0 Å². The number of fused-ring (bicyclic) bond motifs is 1. The van der Waals surface area contributed by atoms with Crippen LogP contribution in [0.15, 0.2) is 0 Å². The van der Waals surface area contributed by atoms with Crippen LogP contribution in [0.4, 0.5) is 0 Å². The molecule has 1 saturated carbocycles. The molecule has 0 bridgehead atoms. The van der Waals surface area contributed by atoms with E-state index in [2.05, 4.69) is 9.55 Å². The van der Waals surface area contributed by atoms with Crippen LogP contribution in [0.5, 0.6) is 0 Å². The summed E-state index contributed by atoms with van der Waals surface area (Å²) in [6.45, 7) is 4.72. The summed E-state index contributed by atoms with van der Waals surface area (Å²) in [4.78, 5) is 17.0. The molecule has 5 heteroatoms. The number of esters is 1. The molecule has 1 fully saturated rings. The van der Waals surface area contributed by atoms with Gasteiger partial charge in [-0.1, -0.05) is 0 Å². The van der Waals surface area contributed by atoms with Crippen molar-refractivity contribution < 1.29 is 9.53 Å². The van der Waals surface area contributed by atoms with E-state index >= 15 is 0 Å². The van der Waals surface area contributed by atoms with E-state index < -0.39 is 5.54 Å². The van der Waals surface area contributed by atoms with E-state index in [1.807, 2.05) is 13.8 Å². The zero-order valence-corrected chi connectivity index (χ0v) is 13.0. The van der Waals surface area contributed by atoms with Gasteiger partial charge in [0.05, 0.1) is 18.8 Å². The lowest BCUT2D eigenvalue weighted by atomic mass is 9.93. The Bertz CT molecular complexity index is 548. The number of nitrogens with two attached hydrogens (primary N) is 1. The molecule has 1 atom stereocenters. The first-order valence-electron chi connectivity index (χ1n) is 8.07. The molecule has 0 saturated heterocycles. The molecule has 0 radical (unpaired) electrons. The van der Waals surface area contributed by atoms with Gasteiger partial charge >= 0.3 is 5.97 Å². The fourth-order valence-electron chi connectivity index (χ4n) is 3.43. The molecule has 1 unspecified atom stereocenters. The molecule has 0 amide bonds.